The fourth-order valence-electron chi connectivity index (χ4n) is 1.28. The van der Waals surface area contributed by atoms with E-state index in [-0.39, 0.29) is 11.6 Å². The Morgan fingerprint density at radius 2 is 1.77 bits per heavy atom. The summed E-state index contributed by atoms with van der Waals surface area (Å²) in [6.45, 7) is 1.70. The van der Waals surface area contributed by atoms with Crippen molar-refractivity contribution in [3.05, 3.63) is 21.5 Å². The number of hydrogen-bond acceptors (Lipinski definition) is 4. The summed E-state index contributed by atoms with van der Waals surface area (Å²) < 4.78 is 0. The lowest BCUT2D eigenvalue weighted by atomic mass is 10.1. The second-order valence-corrected chi connectivity index (χ2v) is 5.09. The minimum absolute atomic E-state index is 0.00398. The highest BCUT2D eigenvalue weighted by atomic mass is 32.2. The quantitative estimate of drug-likeness (QED) is 0.573. The fourth-order valence-corrected chi connectivity index (χ4v) is 3.65. The van der Waals surface area contributed by atoms with Crippen molar-refractivity contribution in [3.63, 3.8) is 0 Å². The summed E-state index contributed by atoms with van der Waals surface area (Å²) in [5, 5.41) is 0. The maximum Gasteiger partial charge on any atom is 0.196 e. The molecule has 0 aromatic heterocycles. The van der Waals surface area contributed by atoms with Crippen LogP contribution in [0.15, 0.2) is 21.5 Å². The Bertz CT molecular complexity index is 353. The van der Waals surface area contributed by atoms with E-state index in [9.17, 15) is 9.59 Å². The number of hydrogen-bond donors (Lipinski definition) is 0. The maximum absolute atomic E-state index is 11.6. The summed E-state index contributed by atoms with van der Waals surface area (Å²) in [5.74, 6) is 1.89. The standard InChI is InChI=1S/C9H8O2S2/c1-5-4-6(10)8-9(7(5)11)13-3-2-12-8/h4H,2-3H2,1H3. The molecule has 1 heterocycles. The van der Waals surface area contributed by atoms with Gasteiger partial charge in [0.15, 0.2) is 11.6 Å². The Labute approximate surface area is 84.8 Å². The predicted molar refractivity (Wildman–Crippen MR) is 55.7 cm³/mol. The molecule has 0 aromatic carbocycles. The van der Waals surface area contributed by atoms with Crippen LogP contribution in [0.4, 0.5) is 0 Å². The highest BCUT2D eigenvalue weighted by Gasteiger charge is 2.29. The number of carbonyl (C=O) groups is 2. The van der Waals surface area contributed by atoms with Crippen molar-refractivity contribution in [1.29, 1.82) is 0 Å². The van der Waals surface area contributed by atoms with Gasteiger partial charge in [-0.05, 0) is 13.0 Å². The van der Waals surface area contributed by atoms with Gasteiger partial charge in [0.2, 0.25) is 0 Å². The van der Waals surface area contributed by atoms with Gasteiger partial charge in [-0.15, -0.1) is 23.5 Å². The van der Waals surface area contributed by atoms with Crippen LogP contribution >= 0.6 is 23.5 Å². The van der Waals surface area contributed by atoms with E-state index in [2.05, 4.69) is 0 Å². The van der Waals surface area contributed by atoms with Crippen LogP contribution in [-0.2, 0) is 9.59 Å². The second-order valence-electron chi connectivity index (χ2n) is 2.88. The third kappa shape index (κ3) is 1.48. The number of carbonyl (C=O) groups excluding carboxylic acids is 2. The second kappa shape index (κ2) is 3.35. The molecular formula is C9H8O2S2. The van der Waals surface area contributed by atoms with Crippen LogP contribution in [0.1, 0.15) is 6.92 Å². The summed E-state index contributed by atoms with van der Waals surface area (Å²) in [7, 11) is 0. The molecule has 0 saturated carbocycles. The van der Waals surface area contributed by atoms with Gasteiger partial charge in [-0.3, -0.25) is 9.59 Å². The zero-order valence-electron chi connectivity index (χ0n) is 7.12. The Balaban J connectivity index is 2.45. The van der Waals surface area contributed by atoms with E-state index >= 15 is 0 Å². The monoisotopic (exact) mass is 212 g/mol. The molecule has 0 aromatic rings. The van der Waals surface area contributed by atoms with E-state index < -0.39 is 0 Å². The Hall–Kier alpha value is -0.480. The van der Waals surface area contributed by atoms with Crippen LogP contribution in [0.5, 0.6) is 0 Å². The lowest BCUT2D eigenvalue weighted by Gasteiger charge is -2.20. The van der Waals surface area contributed by atoms with Gasteiger partial charge in [0.25, 0.3) is 0 Å². The number of rotatable bonds is 0. The Morgan fingerprint density at radius 1 is 1.15 bits per heavy atom. The van der Waals surface area contributed by atoms with Crippen molar-refractivity contribution in [2.24, 2.45) is 0 Å². The zero-order chi connectivity index (χ0) is 9.42. The lowest BCUT2D eigenvalue weighted by Crippen LogP contribution is -2.18. The van der Waals surface area contributed by atoms with Gasteiger partial charge >= 0.3 is 0 Å². The first-order valence-electron chi connectivity index (χ1n) is 3.97. The van der Waals surface area contributed by atoms with Gasteiger partial charge in [0.1, 0.15) is 0 Å². The van der Waals surface area contributed by atoms with Crippen LogP contribution in [0, 0.1) is 0 Å². The highest BCUT2D eigenvalue weighted by Crippen LogP contribution is 2.38. The number of Topliss-reactive ketones (excluding diaryl/α,β-unsaturated/α-hetero) is 1. The molecule has 0 N–H and O–H groups in total. The number of allylic oxidation sites excluding steroid dienone is 4. The van der Waals surface area contributed by atoms with E-state index in [0.29, 0.717) is 15.4 Å². The highest BCUT2D eigenvalue weighted by molar-refractivity contribution is 8.11. The molecule has 13 heavy (non-hydrogen) atoms. The average Bonchev–Trinajstić information content (AvgIpc) is 2.15. The predicted octanol–water partition coefficient (Wildman–Crippen LogP) is 1.78. The van der Waals surface area contributed by atoms with E-state index in [4.69, 9.17) is 0 Å². The normalized spacial score (nSPS) is 23.0. The first kappa shape index (κ1) is 9.09. The van der Waals surface area contributed by atoms with Crippen molar-refractivity contribution in [2.75, 3.05) is 11.5 Å². The van der Waals surface area contributed by atoms with Crippen molar-refractivity contribution < 1.29 is 9.59 Å². The van der Waals surface area contributed by atoms with Crippen LogP contribution in [0.25, 0.3) is 0 Å². The van der Waals surface area contributed by atoms with Gasteiger partial charge in [-0.1, -0.05) is 0 Å². The minimum Gasteiger partial charge on any atom is -0.289 e. The average molecular weight is 212 g/mol. The summed E-state index contributed by atoms with van der Waals surface area (Å²) >= 11 is 3.02. The van der Waals surface area contributed by atoms with Crippen LogP contribution < -0.4 is 0 Å². The molecule has 0 radical (unpaired) electrons. The van der Waals surface area contributed by atoms with Gasteiger partial charge in [-0.2, -0.15) is 0 Å². The molecule has 2 aliphatic rings. The molecule has 0 bridgehead atoms. The summed E-state index contributed by atoms with van der Waals surface area (Å²) in [5.41, 5.74) is 0.568. The van der Waals surface area contributed by atoms with Gasteiger partial charge in [-0.25, -0.2) is 0 Å². The maximum atomic E-state index is 11.6. The van der Waals surface area contributed by atoms with Gasteiger partial charge in [0, 0.05) is 17.1 Å². The molecule has 2 nitrogen and oxygen atoms in total. The SMILES string of the molecule is CC1=CC(=O)C2=C(SCCS2)C1=O. The largest absolute Gasteiger partial charge is 0.289 e. The molecule has 4 heteroatoms. The molecule has 0 unspecified atom stereocenters. The van der Waals surface area contributed by atoms with E-state index in [1.54, 1.807) is 6.92 Å². The molecule has 68 valence electrons. The Kier molecular flexibility index (Phi) is 2.34. The summed E-state index contributed by atoms with van der Waals surface area (Å²) in [4.78, 5) is 24.4. The van der Waals surface area contributed by atoms with Crippen molar-refractivity contribution in [3.8, 4) is 0 Å². The summed E-state index contributed by atoms with van der Waals surface area (Å²) in [6.07, 6.45) is 1.44. The smallest absolute Gasteiger partial charge is 0.196 e. The van der Waals surface area contributed by atoms with Crippen molar-refractivity contribution >= 4 is 35.1 Å². The molecule has 0 fully saturated rings. The first-order chi connectivity index (χ1) is 6.20. The van der Waals surface area contributed by atoms with Crippen molar-refractivity contribution in [1.82, 2.24) is 0 Å². The topological polar surface area (TPSA) is 34.1 Å². The molecule has 0 spiro atoms. The molecular weight excluding hydrogens is 204 g/mol. The van der Waals surface area contributed by atoms with Gasteiger partial charge < -0.3 is 0 Å². The lowest BCUT2D eigenvalue weighted by molar-refractivity contribution is -0.114. The number of thioether (sulfide) groups is 2. The van der Waals surface area contributed by atoms with Crippen LogP contribution in [0.3, 0.4) is 0 Å². The molecule has 2 rings (SSSR count). The molecule has 1 aliphatic carbocycles. The van der Waals surface area contributed by atoms with Crippen molar-refractivity contribution in [2.45, 2.75) is 6.92 Å². The van der Waals surface area contributed by atoms with E-state index in [1.807, 2.05) is 0 Å². The zero-order valence-corrected chi connectivity index (χ0v) is 8.76. The van der Waals surface area contributed by atoms with Gasteiger partial charge in [0.05, 0.1) is 9.81 Å². The fraction of sp³-hybridized carbons (Fsp3) is 0.333. The number of ketones is 2. The molecule has 0 atom stereocenters. The first-order valence-corrected chi connectivity index (χ1v) is 5.94. The Morgan fingerprint density at radius 3 is 2.46 bits per heavy atom. The van der Waals surface area contributed by atoms with Crippen LogP contribution in [0.2, 0.25) is 0 Å². The minimum atomic E-state index is 0.00398. The van der Waals surface area contributed by atoms with E-state index in [0.717, 1.165) is 11.5 Å². The third-order valence-electron chi connectivity index (χ3n) is 1.92. The third-order valence-corrected chi connectivity index (χ3v) is 4.49. The molecule has 1 aliphatic heterocycles. The summed E-state index contributed by atoms with van der Waals surface area (Å²) in [6, 6.07) is 0. The van der Waals surface area contributed by atoms with E-state index in [1.165, 1.54) is 29.6 Å². The molecule has 0 amide bonds. The molecule has 0 saturated heterocycles. The van der Waals surface area contributed by atoms with Crippen LogP contribution in [-0.4, -0.2) is 23.1 Å².